The van der Waals surface area contributed by atoms with Gasteiger partial charge in [-0.3, -0.25) is 0 Å². The summed E-state index contributed by atoms with van der Waals surface area (Å²) in [4.78, 5) is 85.5. The third-order valence-corrected chi connectivity index (χ3v) is 32.2. The van der Waals surface area contributed by atoms with Gasteiger partial charge in [-0.05, 0) is 244 Å². The quantitative estimate of drug-likeness (QED) is 0.131. The summed E-state index contributed by atoms with van der Waals surface area (Å²) in [6, 6.07) is 21.3. The van der Waals surface area contributed by atoms with Gasteiger partial charge >= 0.3 is 30.5 Å². The SMILES string of the molecule is CC(C)C1(C(C)C)CC(C)(C)CN1C(=O)OC1CCN(C)CC1.CC(C)C1(C(C)C)CC(CC(C)(C)C)CN1C(=O)OC1CCN(C)CC1.CC(C)C1(C(C)C)CC(Cc2ccccc2)CN1C(=O)OC1CCN(C)CC1.CC(C)C1(C(C)C)CC(c2ccccc2)CN1C(=O)OC1CCN(C)CC1.CC(C)C1(C(C)C)CCCNN1C(=O)OC1CCN(C)CC1. The average molecular weight is 1760 g/mol. The minimum absolute atomic E-state index is 0.0569. The van der Waals surface area contributed by atoms with Crippen molar-refractivity contribution in [2.45, 2.75) is 353 Å². The van der Waals surface area contributed by atoms with E-state index in [2.05, 4.69) is 319 Å². The van der Waals surface area contributed by atoms with E-state index in [-0.39, 0.29) is 99.5 Å². The van der Waals surface area contributed by atoms with Crippen LogP contribution in [-0.2, 0) is 30.1 Å². The number of nitrogens with one attached hydrogen (secondary N) is 1. The lowest BCUT2D eigenvalue weighted by Gasteiger charge is -2.52. The second-order valence-corrected chi connectivity index (χ2v) is 45.9. The number of carbonyl (C=O) groups excluding carboxylic acids is 5. The van der Waals surface area contributed by atoms with Crippen molar-refractivity contribution in [3.05, 3.63) is 71.8 Å². The van der Waals surface area contributed by atoms with Crippen molar-refractivity contribution in [1.29, 1.82) is 0 Å². The number of piperidine rings is 5. The Bertz CT molecular complexity index is 3560. The molecular formula is C105H185N11O10. The van der Waals surface area contributed by atoms with Gasteiger partial charge in [-0.25, -0.2) is 34.4 Å². The molecule has 0 bridgehead atoms. The van der Waals surface area contributed by atoms with E-state index in [1.165, 1.54) is 11.1 Å². The predicted molar refractivity (Wildman–Crippen MR) is 516 cm³/mol. The maximum atomic E-state index is 13.3. The molecule has 10 heterocycles. The fraction of sp³-hybridized carbons (Fsp3) is 0.838. The highest BCUT2D eigenvalue weighted by molar-refractivity contribution is 5.72. The Kier molecular flexibility index (Phi) is 38.9. The van der Waals surface area contributed by atoms with Crippen LogP contribution in [0, 0.1) is 81.8 Å². The minimum Gasteiger partial charge on any atom is -0.446 e. The molecule has 10 aliphatic rings. The van der Waals surface area contributed by atoms with Crippen molar-refractivity contribution >= 4 is 30.5 Å². The number of amides is 5. The number of likely N-dealkylation sites (tertiary alicyclic amines) is 9. The van der Waals surface area contributed by atoms with E-state index in [0.29, 0.717) is 76.9 Å². The fourth-order valence-corrected chi connectivity index (χ4v) is 24.9. The maximum Gasteiger partial charge on any atom is 0.425 e. The molecule has 10 aliphatic heterocycles. The molecule has 2 aromatic rings. The summed E-state index contributed by atoms with van der Waals surface area (Å²) in [5, 5.41) is 1.82. The van der Waals surface area contributed by atoms with E-state index in [1.807, 2.05) is 5.01 Å². The Morgan fingerprint density at radius 3 is 1.00 bits per heavy atom. The predicted octanol–water partition coefficient (Wildman–Crippen LogP) is 21.5. The first kappa shape index (κ1) is 106. The lowest BCUT2D eigenvalue weighted by molar-refractivity contribution is -0.0700. The molecule has 10 saturated heterocycles. The molecular weight excluding hydrogens is 1580 g/mol. The van der Waals surface area contributed by atoms with Crippen LogP contribution in [0.3, 0.4) is 0 Å². The first-order valence-electron chi connectivity index (χ1n) is 50.3. The van der Waals surface area contributed by atoms with E-state index >= 15 is 0 Å². The standard InChI is InChI=1S/C24H38N2O2.C23H36N2O2.C22H42N2O2.C19H36N2O2.C17H33N3O2/c1-18(2)24(19(3)4)16-21(15-20-9-7-6-8-10-20)17-26(24)23(27)28-22-11-13-25(5)14-12-22;1-17(2)23(18(3)4)15-20(19-9-7-6-8-10-19)16-25(23)22(26)27-21-11-13-24(5)14-12-21;1-16(2)22(17(3)4)14-18(13-21(5,6)7)15-24(22)20(25)26-19-9-11-23(8)12-10-19;1-14(2)19(15(3)4)12-18(5,6)13-21(19)17(22)23-16-8-10-20(7)11-9-16;1-13(2)17(14(3)4)9-6-10-18-20(17)16(21)22-15-7-11-19(5)12-8-15/h6-10,18-19,21-22H,11-17H2,1-5H3;6-10,17-18,20-21H,11-16H2,1-5H3;16-19H,9-15H2,1-8H3;14-16H,8-13H2,1-7H3;13-15,18H,6-12H2,1-5H3. The van der Waals surface area contributed by atoms with E-state index < -0.39 is 0 Å². The molecule has 126 heavy (non-hydrogen) atoms. The summed E-state index contributed by atoms with van der Waals surface area (Å²) in [5.41, 5.74) is 5.85. The van der Waals surface area contributed by atoms with Crippen molar-refractivity contribution in [2.75, 3.05) is 133 Å². The molecule has 1 N–H and O–H groups in total. The van der Waals surface area contributed by atoms with Crippen LogP contribution in [0.15, 0.2) is 60.7 Å². The molecule has 10 fully saturated rings. The first-order valence-corrected chi connectivity index (χ1v) is 50.3. The summed E-state index contributed by atoms with van der Waals surface area (Å²) in [5.74, 6) is 5.49. The van der Waals surface area contributed by atoms with Crippen LogP contribution < -0.4 is 5.43 Å². The van der Waals surface area contributed by atoms with Gasteiger partial charge < -0.3 is 67.8 Å². The van der Waals surface area contributed by atoms with Crippen LogP contribution >= 0.6 is 0 Å². The highest BCUT2D eigenvalue weighted by Gasteiger charge is 2.59. The summed E-state index contributed by atoms with van der Waals surface area (Å²) >= 11 is 0. The molecule has 0 radical (unpaired) electrons. The summed E-state index contributed by atoms with van der Waals surface area (Å²) < 4.78 is 29.8. The first-order chi connectivity index (χ1) is 59.1. The van der Waals surface area contributed by atoms with Crippen molar-refractivity contribution in [3.8, 4) is 0 Å². The average Bonchev–Trinajstić information content (AvgIpc) is 1.59. The van der Waals surface area contributed by atoms with Gasteiger partial charge in [-0.2, -0.15) is 0 Å². The number of hydrogen-bond acceptors (Lipinski definition) is 16. The summed E-state index contributed by atoms with van der Waals surface area (Å²) in [7, 11) is 10.6. The van der Waals surface area contributed by atoms with Gasteiger partial charge in [0, 0.05) is 104 Å². The highest BCUT2D eigenvalue weighted by Crippen LogP contribution is 2.53. The zero-order valence-electron chi connectivity index (χ0n) is 85.6. The monoisotopic (exact) mass is 1760 g/mol. The van der Waals surface area contributed by atoms with Gasteiger partial charge in [0.1, 0.15) is 30.5 Å². The molecule has 21 heteroatoms. The van der Waals surface area contributed by atoms with Gasteiger partial charge in [-0.1, -0.05) is 234 Å². The zero-order chi connectivity index (χ0) is 93.4. The number of nitrogens with zero attached hydrogens (tertiary/aromatic N) is 10. The summed E-state index contributed by atoms with van der Waals surface area (Å²) in [6.45, 7) is 70.6. The van der Waals surface area contributed by atoms with Crippen molar-refractivity contribution in [1.82, 2.24) is 54.5 Å². The molecule has 5 amide bonds. The molecule has 21 nitrogen and oxygen atoms in total. The zero-order valence-corrected chi connectivity index (χ0v) is 85.6. The third kappa shape index (κ3) is 26.3. The number of carbonyl (C=O) groups is 5. The smallest absolute Gasteiger partial charge is 0.425 e. The van der Waals surface area contributed by atoms with Crippen LogP contribution in [-0.4, -0.2) is 271 Å². The van der Waals surface area contributed by atoms with E-state index in [1.54, 1.807) is 0 Å². The molecule has 0 saturated carbocycles. The Balaban J connectivity index is 0.000000196. The molecule has 0 spiro atoms. The molecule has 3 atom stereocenters. The number of rotatable bonds is 19. The normalized spacial score (nSPS) is 24.4. The van der Waals surface area contributed by atoms with E-state index in [9.17, 15) is 24.0 Å². The van der Waals surface area contributed by atoms with Crippen molar-refractivity contribution in [3.63, 3.8) is 0 Å². The fourth-order valence-electron chi connectivity index (χ4n) is 24.9. The molecule has 12 rings (SSSR count). The topological polar surface area (TPSA) is 176 Å². The second kappa shape index (κ2) is 46.3. The largest absolute Gasteiger partial charge is 0.446 e. The Hall–Kier alpha value is -5.45. The van der Waals surface area contributed by atoms with Crippen LogP contribution in [0.5, 0.6) is 0 Å². The van der Waals surface area contributed by atoms with Crippen molar-refractivity contribution in [2.24, 2.45) is 81.8 Å². The highest BCUT2D eigenvalue weighted by atomic mass is 16.6. The maximum absolute atomic E-state index is 13.3. The molecule has 0 aliphatic carbocycles. The van der Waals surface area contributed by atoms with E-state index in [4.69, 9.17) is 23.7 Å². The van der Waals surface area contributed by atoms with Gasteiger partial charge in [0.25, 0.3) is 0 Å². The number of benzene rings is 2. The lowest BCUT2D eigenvalue weighted by Crippen LogP contribution is -2.66. The third-order valence-electron chi connectivity index (χ3n) is 32.2. The number of hydrogen-bond donors (Lipinski definition) is 1. The molecule has 720 valence electrons. The molecule has 2 aromatic carbocycles. The Labute approximate surface area is 768 Å². The van der Waals surface area contributed by atoms with Crippen LogP contribution in [0.2, 0.25) is 0 Å². The molecule has 3 unspecified atom stereocenters. The minimum atomic E-state index is -0.184. The van der Waals surface area contributed by atoms with Crippen LogP contribution in [0.1, 0.15) is 299 Å². The van der Waals surface area contributed by atoms with Crippen LogP contribution in [0.25, 0.3) is 0 Å². The number of hydrazine groups is 1. The summed E-state index contributed by atoms with van der Waals surface area (Å²) in [6.07, 6.45) is 17.8. The lowest BCUT2D eigenvalue weighted by atomic mass is 9.71. The Morgan fingerprint density at radius 1 is 0.373 bits per heavy atom. The van der Waals surface area contributed by atoms with Gasteiger partial charge in [-0.15, -0.1) is 0 Å². The van der Waals surface area contributed by atoms with Crippen LogP contribution in [0.4, 0.5) is 24.0 Å². The van der Waals surface area contributed by atoms with E-state index in [0.717, 1.165) is 214 Å². The number of ether oxygens (including phenoxy) is 5. The molecule has 0 aromatic heterocycles. The van der Waals surface area contributed by atoms with Gasteiger partial charge in [0.05, 0.1) is 27.7 Å². The van der Waals surface area contributed by atoms with Gasteiger partial charge in [0.2, 0.25) is 0 Å². The second-order valence-electron chi connectivity index (χ2n) is 45.9. The Morgan fingerprint density at radius 2 is 0.667 bits per heavy atom. The van der Waals surface area contributed by atoms with Crippen molar-refractivity contribution < 1.29 is 47.7 Å². The van der Waals surface area contributed by atoms with Gasteiger partial charge in [0.15, 0.2) is 0 Å².